The molecule has 5 nitrogen and oxygen atoms in total. The molecule has 0 aliphatic carbocycles. The van der Waals surface area contributed by atoms with E-state index in [-0.39, 0.29) is 11.9 Å². The Kier molecular flexibility index (Phi) is 4.33. The number of nitrogens with one attached hydrogen (secondary N) is 2. The second kappa shape index (κ2) is 5.97. The van der Waals surface area contributed by atoms with E-state index in [1.54, 1.807) is 18.0 Å². The lowest BCUT2D eigenvalue weighted by Gasteiger charge is -2.22. The number of hydrogen-bond acceptors (Lipinski definition) is 5. The van der Waals surface area contributed by atoms with Crippen molar-refractivity contribution in [2.24, 2.45) is 0 Å². The molecule has 1 amide bonds. The normalized spacial score (nSPS) is 19.9. The molecule has 0 aromatic carbocycles. The molecule has 1 aliphatic heterocycles. The maximum absolute atomic E-state index is 11.8. The largest absolute Gasteiger partial charge is 0.349 e. The molecule has 2 rings (SSSR count). The quantitative estimate of drug-likeness (QED) is 0.799. The predicted molar refractivity (Wildman–Crippen MR) is 67.7 cm³/mol. The Bertz CT molecular complexity index is 393. The standard InChI is InChI=1S/C11H16N4OS/c1-8-12-3-2-9(15-8)6-14-11(16)10-7-17-5-4-13-10/h2-3,10,13H,4-7H2,1H3,(H,14,16). The van der Waals surface area contributed by atoms with Crippen molar-refractivity contribution in [1.82, 2.24) is 20.6 Å². The monoisotopic (exact) mass is 252 g/mol. The Hall–Kier alpha value is -1.14. The van der Waals surface area contributed by atoms with E-state index in [1.165, 1.54) is 0 Å². The SMILES string of the molecule is Cc1nccc(CNC(=O)C2CSCCN2)n1. The molecule has 6 heteroatoms. The van der Waals surface area contributed by atoms with Gasteiger partial charge >= 0.3 is 0 Å². The van der Waals surface area contributed by atoms with Gasteiger partial charge in [0.15, 0.2) is 0 Å². The summed E-state index contributed by atoms with van der Waals surface area (Å²) in [6.45, 7) is 3.20. The van der Waals surface area contributed by atoms with Crippen LogP contribution in [0.4, 0.5) is 0 Å². The summed E-state index contributed by atoms with van der Waals surface area (Å²) < 4.78 is 0. The first-order valence-electron chi connectivity index (χ1n) is 5.63. The zero-order valence-corrected chi connectivity index (χ0v) is 10.6. The van der Waals surface area contributed by atoms with E-state index in [1.807, 2.05) is 13.0 Å². The third-order valence-corrected chi connectivity index (χ3v) is 3.58. The first-order valence-corrected chi connectivity index (χ1v) is 6.78. The molecule has 1 aromatic rings. The fraction of sp³-hybridized carbons (Fsp3) is 0.545. The van der Waals surface area contributed by atoms with E-state index >= 15 is 0 Å². The van der Waals surface area contributed by atoms with Gasteiger partial charge in [0.05, 0.1) is 18.3 Å². The number of carbonyl (C=O) groups is 1. The van der Waals surface area contributed by atoms with Crippen molar-refractivity contribution >= 4 is 17.7 Å². The maximum Gasteiger partial charge on any atom is 0.238 e. The van der Waals surface area contributed by atoms with Crippen molar-refractivity contribution in [3.8, 4) is 0 Å². The van der Waals surface area contributed by atoms with Crippen LogP contribution in [0.15, 0.2) is 12.3 Å². The van der Waals surface area contributed by atoms with Crippen molar-refractivity contribution < 1.29 is 4.79 Å². The lowest BCUT2D eigenvalue weighted by Crippen LogP contribution is -2.48. The number of thioether (sulfide) groups is 1. The minimum Gasteiger partial charge on any atom is -0.349 e. The molecule has 2 N–H and O–H groups in total. The molecule has 0 bridgehead atoms. The molecule has 1 aliphatic rings. The molecule has 1 unspecified atom stereocenters. The van der Waals surface area contributed by atoms with Gasteiger partial charge in [-0.1, -0.05) is 0 Å². The summed E-state index contributed by atoms with van der Waals surface area (Å²) >= 11 is 1.81. The van der Waals surface area contributed by atoms with Gasteiger partial charge in [-0.15, -0.1) is 0 Å². The molecule has 0 spiro atoms. The summed E-state index contributed by atoms with van der Waals surface area (Å²) in [6.07, 6.45) is 1.71. The van der Waals surface area contributed by atoms with Crippen LogP contribution >= 0.6 is 11.8 Å². The van der Waals surface area contributed by atoms with Crippen molar-refractivity contribution in [1.29, 1.82) is 0 Å². The van der Waals surface area contributed by atoms with Gasteiger partial charge in [-0.25, -0.2) is 9.97 Å². The number of aromatic nitrogens is 2. The smallest absolute Gasteiger partial charge is 0.238 e. The second-order valence-electron chi connectivity index (χ2n) is 3.89. The highest BCUT2D eigenvalue weighted by atomic mass is 32.2. The van der Waals surface area contributed by atoms with Gasteiger partial charge in [-0.3, -0.25) is 4.79 Å². The van der Waals surface area contributed by atoms with E-state index in [9.17, 15) is 4.79 Å². The molecule has 1 atom stereocenters. The first-order chi connectivity index (χ1) is 8.25. The minimum absolute atomic E-state index is 0.0495. The molecule has 1 aromatic heterocycles. The van der Waals surface area contributed by atoms with Gasteiger partial charge in [0, 0.05) is 24.2 Å². The van der Waals surface area contributed by atoms with Crippen LogP contribution in [0.25, 0.3) is 0 Å². The zero-order chi connectivity index (χ0) is 12.1. The van der Waals surface area contributed by atoms with E-state index in [0.29, 0.717) is 6.54 Å². The summed E-state index contributed by atoms with van der Waals surface area (Å²) in [4.78, 5) is 20.1. The van der Waals surface area contributed by atoms with Gasteiger partial charge in [0.2, 0.25) is 5.91 Å². The van der Waals surface area contributed by atoms with Gasteiger partial charge in [-0.05, 0) is 13.0 Å². The molecule has 92 valence electrons. The Morgan fingerprint density at radius 2 is 2.59 bits per heavy atom. The van der Waals surface area contributed by atoms with Crippen LogP contribution in [0.3, 0.4) is 0 Å². The van der Waals surface area contributed by atoms with Gasteiger partial charge in [0.1, 0.15) is 5.82 Å². The van der Waals surface area contributed by atoms with E-state index < -0.39 is 0 Å². The highest BCUT2D eigenvalue weighted by molar-refractivity contribution is 7.99. The van der Waals surface area contributed by atoms with Crippen LogP contribution in [-0.4, -0.2) is 40.0 Å². The van der Waals surface area contributed by atoms with Crippen LogP contribution in [0.5, 0.6) is 0 Å². The van der Waals surface area contributed by atoms with Crippen molar-refractivity contribution in [3.05, 3.63) is 23.8 Å². The number of rotatable bonds is 3. The Morgan fingerprint density at radius 1 is 1.71 bits per heavy atom. The summed E-state index contributed by atoms with van der Waals surface area (Å²) in [5, 5.41) is 6.09. The Labute approximate surface area is 105 Å². The summed E-state index contributed by atoms with van der Waals surface area (Å²) in [5.74, 6) is 2.69. The molecular weight excluding hydrogens is 236 g/mol. The highest BCUT2D eigenvalue weighted by Gasteiger charge is 2.20. The van der Waals surface area contributed by atoms with Crippen LogP contribution < -0.4 is 10.6 Å². The van der Waals surface area contributed by atoms with Gasteiger partial charge in [-0.2, -0.15) is 11.8 Å². The highest BCUT2D eigenvalue weighted by Crippen LogP contribution is 2.07. The second-order valence-corrected chi connectivity index (χ2v) is 5.04. The average Bonchev–Trinajstić information content (AvgIpc) is 2.37. The maximum atomic E-state index is 11.8. The zero-order valence-electron chi connectivity index (χ0n) is 9.77. The molecule has 0 saturated carbocycles. The Morgan fingerprint density at radius 3 is 3.29 bits per heavy atom. The van der Waals surface area contributed by atoms with E-state index in [0.717, 1.165) is 29.6 Å². The van der Waals surface area contributed by atoms with E-state index in [2.05, 4.69) is 20.6 Å². The van der Waals surface area contributed by atoms with Crippen LogP contribution in [0.1, 0.15) is 11.5 Å². The molecule has 1 saturated heterocycles. The van der Waals surface area contributed by atoms with Crippen LogP contribution in [-0.2, 0) is 11.3 Å². The summed E-state index contributed by atoms with van der Waals surface area (Å²) in [6, 6.07) is 1.74. The fourth-order valence-corrected chi connectivity index (χ4v) is 2.57. The number of nitrogens with zero attached hydrogens (tertiary/aromatic N) is 2. The fourth-order valence-electron chi connectivity index (χ4n) is 1.64. The molecule has 0 radical (unpaired) electrons. The molecule has 2 heterocycles. The van der Waals surface area contributed by atoms with Crippen molar-refractivity contribution in [2.75, 3.05) is 18.1 Å². The third-order valence-electron chi connectivity index (χ3n) is 2.52. The summed E-state index contributed by atoms with van der Waals surface area (Å²) in [5.41, 5.74) is 0.842. The number of amides is 1. The van der Waals surface area contributed by atoms with Gasteiger partial charge < -0.3 is 10.6 Å². The topological polar surface area (TPSA) is 66.9 Å². The molecular formula is C11H16N4OS. The Balaban J connectivity index is 1.83. The van der Waals surface area contributed by atoms with Gasteiger partial charge in [0.25, 0.3) is 0 Å². The lowest BCUT2D eigenvalue weighted by atomic mass is 10.3. The predicted octanol–water partition coefficient (Wildman–Crippen LogP) is 0.106. The number of carbonyl (C=O) groups excluding carboxylic acids is 1. The van der Waals surface area contributed by atoms with E-state index in [4.69, 9.17) is 0 Å². The number of hydrogen-bond donors (Lipinski definition) is 2. The minimum atomic E-state index is -0.0725. The third kappa shape index (κ3) is 3.67. The van der Waals surface area contributed by atoms with Crippen LogP contribution in [0.2, 0.25) is 0 Å². The van der Waals surface area contributed by atoms with Crippen molar-refractivity contribution in [2.45, 2.75) is 19.5 Å². The summed E-state index contributed by atoms with van der Waals surface area (Å²) in [7, 11) is 0. The molecule has 1 fully saturated rings. The van der Waals surface area contributed by atoms with Crippen molar-refractivity contribution in [3.63, 3.8) is 0 Å². The first kappa shape index (κ1) is 12.3. The molecule has 17 heavy (non-hydrogen) atoms. The van der Waals surface area contributed by atoms with Crippen LogP contribution in [0, 0.1) is 6.92 Å². The average molecular weight is 252 g/mol. The number of aryl methyl sites for hydroxylation is 1. The lowest BCUT2D eigenvalue weighted by molar-refractivity contribution is -0.122.